The number of nitrogens with zero attached hydrogens (tertiary/aromatic N) is 2. The van der Waals surface area contributed by atoms with E-state index < -0.39 is 0 Å². The Bertz CT molecular complexity index is 1040. The van der Waals surface area contributed by atoms with E-state index in [0.717, 1.165) is 5.69 Å². The van der Waals surface area contributed by atoms with Gasteiger partial charge in [0.1, 0.15) is 18.9 Å². The minimum Gasteiger partial charge on any atom is -0.487 e. The molecular weight excluding hydrogens is 457 g/mol. The van der Waals surface area contributed by atoms with Crippen LogP contribution in [0.25, 0.3) is 0 Å². The van der Waals surface area contributed by atoms with E-state index in [2.05, 4.69) is 10.3 Å². The fraction of sp³-hybridized carbons (Fsp3) is 0.227. The Morgan fingerprint density at radius 3 is 2.74 bits per heavy atom. The van der Waals surface area contributed by atoms with Gasteiger partial charge in [-0.25, -0.2) is 4.98 Å². The maximum absolute atomic E-state index is 13.1. The molecule has 162 valence electrons. The highest BCUT2D eigenvalue weighted by Gasteiger charge is 2.19. The molecule has 0 unspecified atom stereocenters. The normalized spacial score (nSPS) is 10.5. The van der Waals surface area contributed by atoms with Gasteiger partial charge in [-0.15, -0.1) is 11.3 Å². The van der Waals surface area contributed by atoms with Crippen LogP contribution >= 0.6 is 34.5 Å². The van der Waals surface area contributed by atoms with Crippen molar-refractivity contribution in [2.24, 2.45) is 0 Å². The second-order valence-electron chi connectivity index (χ2n) is 6.70. The summed E-state index contributed by atoms with van der Waals surface area (Å²) in [6.07, 6.45) is 0.709. The standard InChI is InChI=1S/C22H21Cl2N3O3S/c1-2-8-27(11-21(28)26-20-7-6-16(23)10-19(20)24)22(29)15-4-3-5-18(9-15)30-12-17-13-31-14-25-17/h3-7,9-10,13-14H,2,8,11-12H2,1H3,(H,26,28). The molecule has 0 bridgehead atoms. The van der Waals surface area contributed by atoms with Gasteiger partial charge in [0.05, 0.1) is 21.9 Å². The topological polar surface area (TPSA) is 71.5 Å². The Kier molecular flexibility index (Phi) is 8.28. The van der Waals surface area contributed by atoms with Crippen LogP contribution < -0.4 is 10.1 Å². The van der Waals surface area contributed by atoms with Crippen molar-refractivity contribution >= 4 is 52.0 Å². The summed E-state index contributed by atoms with van der Waals surface area (Å²) in [6.45, 7) is 2.60. The number of halogens is 2. The summed E-state index contributed by atoms with van der Waals surface area (Å²) >= 11 is 13.5. The molecule has 3 aromatic rings. The van der Waals surface area contributed by atoms with Crippen molar-refractivity contribution in [1.29, 1.82) is 0 Å². The third-order valence-electron chi connectivity index (χ3n) is 4.27. The third-order valence-corrected chi connectivity index (χ3v) is 5.45. The fourth-order valence-corrected chi connectivity index (χ4v) is 3.84. The molecule has 0 radical (unpaired) electrons. The summed E-state index contributed by atoms with van der Waals surface area (Å²) in [5.41, 5.74) is 3.45. The van der Waals surface area contributed by atoms with E-state index in [-0.39, 0.29) is 18.4 Å². The van der Waals surface area contributed by atoms with E-state index >= 15 is 0 Å². The number of amides is 2. The van der Waals surface area contributed by atoms with E-state index in [4.69, 9.17) is 27.9 Å². The molecule has 0 aliphatic rings. The van der Waals surface area contributed by atoms with E-state index in [1.54, 1.807) is 48.0 Å². The van der Waals surface area contributed by atoms with Gasteiger partial charge in [0.2, 0.25) is 5.91 Å². The van der Waals surface area contributed by atoms with Crippen LogP contribution in [0, 0.1) is 0 Å². The van der Waals surface area contributed by atoms with Crippen molar-refractivity contribution < 1.29 is 14.3 Å². The van der Waals surface area contributed by atoms with Crippen molar-refractivity contribution in [2.75, 3.05) is 18.4 Å². The number of hydrogen-bond donors (Lipinski definition) is 1. The molecule has 1 heterocycles. The zero-order valence-electron chi connectivity index (χ0n) is 16.8. The average molecular weight is 478 g/mol. The highest BCUT2D eigenvalue weighted by Crippen LogP contribution is 2.25. The number of thiazole rings is 1. The van der Waals surface area contributed by atoms with Gasteiger partial charge in [0, 0.05) is 22.5 Å². The molecule has 0 fully saturated rings. The van der Waals surface area contributed by atoms with E-state index in [1.807, 2.05) is 12.3 Å². The number of rotatable bonds is 9. The highest BCUT2D eigenvalue weighted by atomic mass is 35.5. The minimum atomic E-state index is -0.345. The van der Waals surface area contributed by atoms with E-state index in [1.165, 1.54) is 16.2 Å². The lowest BCUT2D eigenvalue weighted by atomic mass is 10.1. The monoisotopic (exact) mass is 477 g/mol. The summed E-state index contributed by atoms with van der Waals surface area (Å²) in [7, 11) is 0. The molecule has 3 rings (SSSR count). The van der Waals surface area contributed by atoms with Crippen molar-refractivity contribution in [3.05, 3.63) is 74.7 Å². The second kappa shape index (κ2) is 11.1. The zero-order valence-corrected chi connectivity index (χ0v) is 19.1. The molecule has 0 aliphatic heterocycles. The van der Waals surface area contributed by atoms with Gasteiger partial charge >= 0.3 is 0 Å². The van der Waals surface area contributed by atoms with Crippen LogP contribution in [0.15, 0.2) is 53.4 Å². The molecule has 1 aromatic heterocycles. The SMILES string of the molecule is CCCN(CC(=O)Nc1ccc(Cl)cc1Cl)C(=O)c1cccc(OCc2cscn2)c1. The maximum Gasteiger partial charge on any atom is 0.254 e. The van der Waals surface area contributed by atoms with Crippen LogP contribution in [0.1, 0.15) is 29.4 Å². The first-order valence-electron chi connectivity index (χ1n) is 9.60. The molecule has 0 saturated heterocycles. The Morgan fingerprint density at radius 2 is 2.03 bits per heavy atom. The van der Waals surface area contributed by atoms with Crippen LogP contribution in [0.5, 0.6) is 5.75 Å². The summed E-state index contributed by atoms with van der Waals surface area (Å²) in [5.74, 6) is -0.0343. The van der Waals surface area contributed by atoms with E-state index in [9.17, 15) is 9.59 Å². The predicted octanol–water partition coefficient (Wildman–Crippen LogP) is 5.52. The number of ether oxygens (including phenoxy) is 1. The zero-order chi connectivity index (χ0) is 22.2. The average Bonchev–Trinajstić information content (AvgIpc) is 3.27. The van der Waals surface area contributed by atoms with Crippen LogP contribution in [-0.2, 0) is 11.4 Å². The number of anilines is 1. The summed E-state index contributed by atoms with van der Waals surface area (Å²) < 4.78 is 5.73. The first-order valence-corrected chi connectivity index (χ1v) is 11.3. The molecule has 2 aromatic carbocycles. The van der Waals surface area contributed by atoms with Gasteiger partial charge < -0.3 is 15.0 Å². The fourth-order valence-electron chi connectivity index (χ4n) is 2.84. The Hall–Kier alpha value is -2.61. The summed E-state index contributed by atoms with van der Waals surface area (Å²) in [6, 6.07) is 11.7. The molecule has 6 nitrogen and oxygen atoms in total. The van der Waals surface area contributed by atoms with Crippen LogP contribution in [-0.4, -0.2) is 34.8 Å². The molecular formula is C22H21Cl2N3O3S. The molecule has 1 N–H and O–H groups in total. The molecule has 9 heteroatoms. The number of carbonyl (C=O) groups is 2. The van der Waals surface area contributed by atoms with Gasteiger partial charge in [-0.05, 0) is 42.8 Å². The van der Waals surface area contributed by atoms with Crippen LogP contribution in [0.2, 0.25) is 10.0 Å². The highest BCUT2D eigenvalue weighted by molar-refractivity contribution is 7.07. The number of benzene rings is 2. The first-order chi connectivity index (χ1) is 15.0. The summed E-state index contributed by atoms with van der Waals surface area (Å²) in [4.78, 5) is 31.3. The lowest BCUT2D eigenvalue weighted by Gasteiger charge is -2.22. The number of carbonyl (C=O) groups excluding carboxylic acids is 2. The van der Waals surface area contributed by atoms with Crippen LogP contribution in [0.3, 0.4) is 0 Å². The molecule has 0 atom stereocenters. The number of nitrogens with one attached hydrogen (secondary N) is 1. The van der Waals surface area contributed by atoms with Gasteiger partial charge in [-0.1, -0.05) is 36.2 Å². The maximum atomic E-state index is 13.1. The third kappa shape index (κ3) is 6.69. The van der Waals surface area contributed by atoms with Crippen LogP contribution in [0.4, 0.5) is 5.69 Å². The number of hydrogen-bond acceptors (Lipinski definition) is 5. The molecule has 2 amide bonds. The molecule has 0 spiro atoms. The first kappa shape index (κ1) is 23.1. The van der Waals surface area contributed by atoms with Gasteiger partial charge in [0.15, 0.2) is 0 Å². The van der Waals surface area contributed by atoms with Gasteiger partial charge in [-0.3, -0.25) is 9.59 Å². The smallest absolute Gasteiger partial charge is 0.254 e. The van der Waals surface area contributed by atoms with Crippen molar-refractivity contribution in [1.82, 2.24) is 9.88 Å². The quantitative estimate of drug-likeness (QED) is 0.440. The number of aromatic nitrogens is 1. The largest absolute Gasteiger partial charge is 0.487 e. The molecule has 0 aliphatic carbocycles. The summed E-state index contributed by atoms with van der Waals surface area (Å²) in [5, 5.41) is 5.44. The van der Waals surface area contributed by atoms with Gasteiger partial charge in [-0.2, -0.15) is 0 Å². The van der Waals surface area contributed by atoms with E-state index in [0.29, 0.717) is 46.6 Å². The lowest BCUT2D eigenvalue weighted by Crippen LogP contribution is -2.38. The lowest BCUT2D eigenvalue weighted by molar-refractivity contribution is -0.116. The Balaban J connectivity index is 1.66. The Morgan fingerprint density at radius 1 is 1.19 bits per heavy atom. The van der Waals surface area contributed by atoms with Crippen molar-refractivity contribution in [2.45, 2.75) is 20.0 Å². The second-order valence-corrected chi connectivity index (χ2v) is 8.26. The molecule has 31 heavy (non-hydrogen) atoms. The minimum absolute atomic E-state index is 0.102. The Labute approximate surface area is 194 Å². The van der Waals surface area contributed by atoms with Crippen molar-refractivity contribution in [3.8, 4) is 5.75 Å². The molecule has 0 saturated carbocycles. The predicted molar refractivity (Wildman–Crippen MR) is 124 cm³/mol. The van der Waals surface area contributed by atoms with Crippen molar-refractivity contribution in [3.63, 3.8) is 0 Å². The van der Waals surface area contributed by atoms with Gasteiger partial charge in [0.25, 0.3) is 5.91 Å².